The van der Waals surface area contributed by atoms with Crippen molar-refractivity contribution in [1.29, 1.82) is 0 Å². The Morgan fingerprint density at radius 1 is 0.846 bits per heavy atom. The molecule has 0 unspecified atom stereocenters. The second-order valence-corrected chi connectivity index (χ2v) is 11.0. The first-order valence-electron chi connectivity index (χ1n) is 11.3. The number of ether oxygens (including phenoxy) is 2. The van der Waals surface area contributed by atoms with Crippen LogP contribution in [0.3, 0.4) is 0 Å². The Kier molecular flexibility index (Phi) is 3.98. The molecule has 0 aromatic carbocycles. The van der Waals surface area contributed by atoms with Crippen LogP contribution in [0.5, 0.6) is 0 Å². The van der Waals surface area contributed by atoms with Crippen LogP contribution in [0, 0.1) is 40.4 Å². The number of allylic oxidation sites excluding steroid dienone is 1. The number of hydrogen-bond donors (Lipinski definition) is 0. The molecule has 4 saturated carbocycles. The summed E-state index contributed by atoms with van der Waals surface area (Å²) in [5.41, 5.74) is 2.52. The molecule has 0 aromatic rings. The van der Waals surface area contributed by atoms with Gasteiger partial charge in [-0.2, -0.15) is 0 Å². The van der Waals surface area contributed by atoms with Crippen LogP contribution < -0.4 is 0 Å². The molecule has 0 spiro atoms. The number of rotatable bonds is 1. The van der Waals surface area contributed by atoms with Crippen molar-refractivity contribution in [3.63, 3.8) is 0 Å². The van der Waals surface area contributed by atoms with Crippen molar-refractivity contribution in [1.82, 2.24) is 0 Å². The molecule has 7 atom stereocenters. The highest BCUT2D eigenvalue weighted by molar-refractivity contribution is 5.14. The molecule has 5 rings (SSSR count). The van der Waals surface area contributed by atoms with Gasteiger partial charge in [-0.15, -0.1) is 0 Å². The summed E-state index contributed by atoms with van der Waals surface area (Å²) in [6.07, 6.45) is 12.4. The summed E-state index contributed by atoms with van der Waals surface area (Å²) < 4.78 is 12.3. The molecule has 146 valence electrons. The molecular weight excluding hydrogens is 320 g/mol. The molecule has 0 bridgehead atoms. The second kappa shape index (κ2) is 5.83. The van der Waals surface area contributed by atoms with Crippen LogP contribution in [0.1, 0.15) is 78.6 Å². The average molecular weight is 359 g/mol. The van der Waals surface area contributed by atoms with Gasteiger partial charge in [0.2, 0.25) is 0 Å². The normalized spacial score (nSPS) is 53.0. The molecule has 5 aliphatic rings. The van der Waals surface area contributed by atoms with E-state index < -0.39 is 0 Å². The van der Waals surface area contributed by atoms with Crippen molar-refractivity contribution in [2.75, 3.05) is 13.2 Å². The first kappa shape index (κ1) is 17.7. The summed E-state index contributed by atoms with van der Waals surface area (Å²) in [5, 5.41) is 0. The fraction of sp³-hybridized carbons (Fsp3) is 0.917. The highest BCUT2D eigenvalue weighted by atomic mass is 16.7. The summed E-state index contributed by atoms with van der Waals surface area (Å²) in [4.78, 5) is 0. The Balaban J connectivity index is 1.42. The molecule has 0 radical (unpaired) electrons. The smallest absolute Gasteiger partial charge is 0.169 e. The van der Waals surface area contributed by atoms with Gasteiger partial charge >= 0.3 is 0 Å². The molecule has 2 nitrogen and oxygen atoms in total. The Hall–Kier alpha value is -0.340. The predicted molar refractivity (Wildman–Crippen MR) is 105 cm³/mol. The number of hydrogen-bond acceptors (Lipinski definition) is 2. The van der Waals surface area contributed by atoms with E-state index in [1.807, 2.05) is 0 Å². The van der Waals surface area contributed by atoms with Gasteiger partial charge in [-0.25, -0.2) is 0 Å². The molecule has 2 heteroatoms. The van der Waals surface area contributed by atoms with E-state index in [-0.39, 0.29) is 5.79 Å². The van der Waals surface area contributed by atoms with E-state index in [1.54, 1.807) is 0 Å². The van der Waals surface area contributed by atoms with Gasteiger partial charge in [0, 0.05) is 5.92 Å². The predicted octanol–water partition coefficient (Wildman–Crippen LogP) is 5.96. The van der Waals surface area contributed by atoms with Crippen LogP contribution in [0.15, 0.2) is 12.2 Å². The van der Waals surface area contributed by atoms with Crippen molar-refractivity contribution in [2.24, 2.45) is 40.4 Å². The Labute approximate surface area is 160 Å². The third kappa shape index (κ3) is 2.30. The van der Waals surface area contributed by atoms with Crippen LogP contribution in [0.2, 0.25) is 0 Å². The van der Waals surface area contributed by atoms with Crippen LogP contribution in [0.4, 0.5) is 0 Å². The van der Waals surface area contributed by atoms with E-state index >= 15 is 0 Å². The van der Waals surface area contributed by atoms with E-state index in [0.29, 0.717) is 16.7 Å². The third-order valence-corrected chi connectivity index (χ3v) is 10.1. The monoisotopic (exact) mass is 358 g/mol. The molecule has 26 heavy (non-hydrogen) atoms. The minimum Gasteiger partial charge on any atom is -0.348 e. The molecule has 0 amide bonds. The largest absolute Gasteiger partial charge is 0.348 e. The van der Waals surface area contributed by atoms with Crippen LogP contribution in [-0.4, -0.2) is 19.0 Å². The van der Waals surface area contributed by atoms with Crippen molar-refractivity contribution < 1.29 is 9.47 Å². The van der Waals surface area contributed by atoms with Gasteiger partial charge in [0.15, 0.2) is 5.79 Å². The fourth-order valence-corrected chi connectivity index (χ4v) is 8.75. The maximum Gasteiger partial charge on any atom is 0.169 e. The van der Waals surface area contributed by atoms with E-state index in [9.17, 15) is 0 Å². The van der Waals surface area contributed by atoms with Crippen molar-refractivity contribution >= 4 is 0 Å². The Morgan fingerprint density at radius 2 is 1.58 bits per heavy atom. The highest BCUT2D eigenvalue weighted by Gasteiger charge is 2.63. The van der Waals surface area contributed by atoms with E-state index in [2.05, 4.69) is 27.4 Å². The van der Waals surface area contributed by atoms with Gasteiger partial charge in [-0.05, 0) is 99.2 Å². The summed E-state index contributed by atoms with van der Waals surface area (Å²) in [7, 11) is 0. The summed E-state index contributed by atoms with van der Waals surface area (Å²) >= 11 is 0. The molecule has 5 fully saturated rings. The van der Waals surface area contributed by atoms with Crippen molar-refractivity contribution in [2.45, 2.75) is 84.3 Å². The van der Waals surface area contributed by atoms with Gasteiger partial charge in [0.1, 0.15) is 0 Å². The zero-order valence-electron chi connectivity index (χ0n) is 17.2. The SMILES string of the molecule is C=C1CC[C@@]2(C)[C@H](CC[C@@H]3[C@@H]2CC[C@]2(C)[C@@H](C4(C)OCCO4)CC[C@@H]32)C1. The first-order valence-corrected chi connectivity index (χ1v) is 11.3. The van der Waals surface area contributed by atoms with Gasteiger partial charge < -0.3 is 9.47 Å². The number of fused-ring (bicyclic) bond motifs is 5. The molecular formula is C24H38O2. The standard InChI is InChI=1S/C24H38O2/c1-16-9-11-22(2)17(15-16)5-6-18-19-7-8-21(24(4)25-13-14-26-24)23(19,3)12-10-20(18)22/h17-21H,1,5-15H2,2-4H3/t17-,18+,19+,20+,21+,22+,23+/m1/s1. The van der Waals surface area contributed by atoms with E-state index in [0.717, 1.165) is 36.9 Å². The average Bonchev–Trinajstić information content (AvgIpc) is 3.19. The molecule has 1 saturated heterocycles. The molecule has 0 aromatic heterocycles. The second-order valence-electron chi connectivity index (χ2n) is 11.0. The minimum atomic E-state index is -0.319. The quantitative estimate of drug-likeness (QED) is 0.538. The topological polar surface area (TPSA) is 18.5 Å². The lowest BCUT2D eigenvalue weighted by Gasteiger charge is -2.61. The lowest BCUT2D eigenvalue weighted by molar-refractivity contribution is -0.217. The summed E-state index contributed by atoms with van der Waals surface area (Å²) in [6.45, 7) is 13.4. The lowest BCUT2D eigenvalue weighted by Crippen LogP contribution is -2.54. The fourth-order valence-electron chi connectivity index (χ4n) is 8.75. The summed E-state index contributed by atoms with van der Waals surface area (Å²) in [5.74, 6) is 3.95. The third-order valence-electron chi connectivity index (χ3n) is 10.1. The minimum absolute atomic E-state index is 0.319. The lowest BCUT2D eigenvalue weighted by atomic mass is 9.44. The zero-order chi connectivity index (χ0) is 18.2. The maximum atomic E-state index is 6.16. The van der Waals surface area contributed by atoms with Crippen LogP contribution in [-0.2, 0) is 9.47 Å². The molecule has 1 aliphatic heterocycles. The van der Waals surface area contributed by atoms with Gasteiger partial charge in [0.25, 0.3) is 0 Å². The Bertz CT molecular complexity index is 591. The first-order chi connectivity index (χ1) is 12.4. The molecule has 1 heterocycles. The highest BCUT2D eigenvalue weighted by Crippen LogP contribution is 2.69. The molecule has 0 N–H and O–H groups in total. The van der Waals surface area contributed by atoms with Crippen LogP contribution >= 0.6 is 0 Å². The van der Waals surface area contributed by atoms with E-state index in [4.69, 9.17) is 9.47 Å². The van der Waals surface area contributed by atoms with Gasteiger partial charge in [0.05, 0.1) is 13.2 Å². The maximum absolute atomic E-state index is 6.16. The van der Waals surface area contributed by atoms with Crippen molar-refractivity contribution in [3.8, 4) is 0 Å². The van der Waals surface area contributed by atoms with Crippen molar-refractivity contribution in [3.05, 3.63) is 12.2 Å². The molecule has 4 aliphatic carbocycles. The van der Waals surface area contributed by atoms with Crippen LogP contribution in [0.25, 0.3) is 0 Å². The van der Waals surface area contributed by atoms with Gasteiger partial charge in [-0.1, -0.05) is 26.0 Å². The zero-order valence-corrected chi connectivity index (χ0v) is 17.2. The van der Waals surface area contributed by atoms with Gasteiger partial charge in [-0.3, -0.25) is 0 Å². The van der Waals surface area contributed by atoms with E-state index in [1.165, 1.54) is 63.4 Å². The Morgan fingerprint density at radius 3 is 2.35 bits per heavy atom. The summed E-state index contributed by atoms with van der Waals surface area (Å²) in [6, 6.07) is 0.